The van der Waals surface area contributed by atoms with E-state index in [-0.39, 0.29) is 52.2 Å². The first-order valence-corrected chi connectivity index (χ1v) is 22.1. The maximum atomic E-state index is 14.9. The average Bonchev–Trinajstić information content (AvgIpc) is 3.58. The number of hydrogen-bond acceptors (Lipinski definition) is 7. The summed E-state index contributed by atoms with van der Waals surface area (Å²) >= 11 is 0. The second-order valence-corrected chi connectivity index (χ2v) is 23.6. The summed E-state index contributed by atoms with van der Waals surface area (Å²) in [5, 5.41) is 0.828. The van der Waals surface area contributed by atoms with Crippen molar-refractivity contribution in [1.82, 2.24) is 4.90 Å². The largest absolute Gasteiger partial charge is 0.466 e. The first-order valence-electron chi connectivity index (χ1n) is 19.8. The highest BCUT2D eigenvalue weighted by atomic mass is 28.3. The number of benzene rings is 1. The number of methoxy groups -OCH3 is 1. The van der Waals surface area contributed by atoms with E-state index in [4.69, 9.17) is 18.9 Å². The summed E-state index contributed by atoms with van der Waals surface area (Å²) in [6, 6.07) is 9.99. The predicted octanol–water partition coefficient (Wildman–Crippen LogP) is 9.83. The number of rotatable bonds is 10. The number of carbonyl (C=O) groups excluding carboxylic acids is 3. The third kappa shape index (κ3) is 6.99. The van der Waals surface area contributed by atoms with Gasteiger partial charge in [-0.25, -0.2) is 9.59 Å². The zero-order chi connectivity index (χ0) is 38.2. The van der Waals surface area contributed by atoms with Crippen LogP contribution in [-0.4, -0.2) is 69.1 Å². The van der Waals surface area contributed by atoms with E-state index in [9.17, 15) is 14.4 Å². The van der Waals surface area contributed by atoms with Gasteiger partial charge in [-0.3, -0.25) is 9.69 Å². The number of nitrogens with zero attached hydrogens (tertiary/aromatic N) is 1. The molecule has 1 aromatic carbocycles. The molecule has 4 aliphatic rings. The standard InChI is InChI=1S/C43H65NO7Si/c1-28(2)52(29(3)4,30(5)6)38-27-44(40(47)51-37-20-16-15-19-34(37)41(7,8)31-17-13-12-14-18-31)32(26-36(38)45)25-35-33(39(46)48-11)21-22-43(42(35,9)10)49-23-24-50-43/h12-14,17-18,27-30,32,34,37H,15-16,19-26H2,1-11H3/t32-,34-,37-/m0/s1. The van der Waals surface area contributed by atoms with E-state index in [1.165, 1.54) is 12.7 Å². The molecule has 3 atom stereocenters. The van der Waals surface area contributed by atoms with Crippen LogP contribution in [0.3, 0.4) is 0 Å². The lowest BCUT2D eigenvalue weighted by molar-refractivity contribution is -0.225. The number of allylic oxidation sites excluding steroid dienone is 1. The van der Waals surface area contributed by atoms with Crippen LogP contribution >= 0.6 is 0 Å². The van der Waals surface area contributed by atoms with Crippen LogP contribution < -0.4 is 0 Å². The normalized spacial score (nSPS) is 25.3. The van der Waals surface area contributed by atoms with Gasteiger partial charge in [0.2, 0.25) is 0 Å². The molecular weight excluding hydrogens is 671 g/mol. The van der Waals surface area contributed by atoms with E-state index >= 15 is 0 Å². The van der Waals surface area contributed by atoms with Crippen LogP contribution in [0.2, 0.25) is 16.6 Å². The SMILES string of the molecule is COC(=O)C1=C(C[C@H]2CC(=O)C([Si](C(C)C)(C(C)C)C(C)C)=CN2C(=O)O[C@H]2CCCC[C@@H]2C(C)(C)c2ccccc2)C(C)(C)C2(CC1)OCCO2. The van der Waals surface area contributed by atoms with Gasteiger partial charge in [0.25, 0.3) is 0 Å². The average molecular weight is 736 g/mol. The Hall–Kier alpha value is -2.75. The second-order valence-electron chi connectivity index (χ2n) is 17.8. The van der Waals surface area contributed by atoms with Crippen molar-refractivity contribution in [2.45, 2.75) is 161 Å². The van der Waals surface area contributed by atoms with Gasteiger partial charge in [-0.05, 0) is 70.5 Å². The number of esters is 1. The van der Waals surface area contributed by atoms with Crippen molar-refractivity contribution in [3.8, 4) is 0 Å². The van der Waals surface area contributed by atoms with Crippen molar-refractivity contribution in [3.63, 3.8) is 0 Å². The third-order valence-corrected chi connectivity index (χ3v) is 20.8. The zero-order valence-electron chi connectivity index (χ0n) is 33.8. The molecule has 9 heteroatoms. The van der Waals surface area contributed by atoms with E-state index in [0.29, 0.717) is 38.0 Å². The molecule has 1 saturated heterocycles. The molecule has 1 aromatic rings. The molecule has 1 saturated carbocycles. The minimum Gasteiger partial charge on any atom is -0.466 e. The second kappa shape index (κ2) is 15.5. The number of carbonyl (C=O) groups is 3. The summed E-state index contributed by atoms with van der Waals surface area (Å²) < 4.78 is 24.6. The van der Waals surface area contributed by atoms with Gasteiger partial charge in [0.05, 0.1) is 26.4 Å². The van der Waals surface area contributed by atoms with E-state index < -0.39 is 31.4 Å². The molecule has 8 nitrogen and oxygen atoms in total. The summed E-state index contributed by atoms with van der Waals surface area (Å²) in [4.78, 5) is 44.6. The molecule has 0 radical (unpaired) electrons. The number of amides is 1. The molecule has 2 aliphatic heterocycles. The fraction of sp³-hybridized carbons (Fsp3) is 0.698. The maximum absolute atomic E-state index is 14.9. The summed E-state index contributed by atoms with van der Waals surface area (Å²) in [5.41, 5.74) is 2.58. The minimum atomic E-state index is -2.46. The summed E-state index contributed by atoms with van der Waals surface area (Å²) in [6.45, 7) is 23.0. The van der Waals surface area contributed by atoms with Crippen molar-refractivity contribution >= 4 is 25.9 Å². The van der Waals surface area contributed by atoms with E-state index in [1.54, 1.807) is 4.90 Å². The van der Waals surface area contributed by atoms with Gasteiger partial charge in [0.15, 0.2) is 11.6 Å². The van der Waals surface area contributed by atoms with Crippen LogP contribution in [0.1, 0.15) is 126 Å². The van der Waals surface area contributed by atoms with Gasteiger partial charge in [-0.15, -0.1) is 0 Å². The van der Waals surface area contributed by atoms with Crippen LogP contribution in [0.15, 0.2) is 52.9 Å². The first kappa shape index (κ1) is 40.4. The lowest BCUT2D eigenvalue weighted by Gasteiger charge is -2.50. The minimum absolute atomic E-state index is 0.106. The lowest BCUT2D eigenvalue weighted by Crippen LogP contribution is -2.55. The van der Waals surface area contributed by atoms with Crippen molar-refractivity contribution in [2.24, 2.45) is 11.3 Å². The number of ketones is 1. The molecule has 2 fully saturated rings. The van der Waals surface area contributed by atoms with E-state index in [1.807, 2.05) is 12.3 Å². The summed E-state index contributed by atoms with van der Waals surface area (Å²) in [6.07, 6.45) is 6.50. The van der Waals surface area contributed by atoms with Crippen LogP contribution in [-0.2, 0) is 34.0 Å². The molecule has 5 rings (SSSR count). The van der Waals surface area contributed by atoms with Crippen molar-refractivity contribution in [1.29, 1.82) is 0 Å². The van der Waals surface area contributed by atoms with Crippen LogP contribution in [0, 0.1) is 11.3 Å². The molecule has 288 valence electrons. The Labute approximate surface area is 314 Å². The fourth-order valence-corrected chi connectivity index (χ4v) is 17.8. The Kier molecular flexibility index (Phi) is 12.1. The molecule has 0 bridgehead atoms. The molecule has 0 unspecified atom stereocenters. The first-order chi connectivity index (χ1) is 24.5. The molecular formula is C43H65NO7Si. The van der Waals surface area contributed by atoms with Gasteiger partial charge in [-0.1, -0.05) is 106 Å². The number of hydrogen-bond donors (Lipinski definition) is 0. The smallest absolute Gasteiger partial charge is 0.414 e. The predicted molar refractivity (Wildman–Crippen MR) is 207 cm³/mol. The van der Waals surface area contributed by atoms with E-state index in [2.05, 4.69) is 93.5 Å². The molecule has 52 heavy (non-hydrogen) atoms. The number of ether oxygens (including phenoxy) is 4. The maximum Gasteiger partial charge on any atom is 0.414 e. The molecule has 1 amide bonds. The van der Waals surface area contributed by atoms with Crippen molar-refractivity contribution in [3.05, 3.63) is 58.4 Å². The van der Waals surface area contributed by atoms with Gasteiger partial charge in [0, 0.05) is 35.9 Å². The Morgan fingerprint density at radius 3 is 2.13 bits per heavy atom. The molecule has 0 aromatic heterocycles. The van der Waals surface area contributed by atoms with Crippen LogP contribution in [0.5, 0.6) is 0 Å². The summed E-state index contributed by atoms with van der Waals surface area (Å²) in [7, 11) is -1.05. The highest BCUT2D eigenvalue weighted by Crippen LogP contribution is 2.55. The molecule has 1 spiro atoms. The zero-order valence-corrected chi connectivity index (χ0v) is 34.8. The van der Waals surface area contributed by atoms with Gasteiger partial charge < -0.3 is 18.9 Å². The highest BCUT2D eigenvalue weighted by molar-refractivity contribution is 6.93. The third-order valence-electron chi connectivity index (χ3n) is 13.7. The Bertz CT molecular complexity index is 1510. The van der Waals surface area contributed by atoms with Gasteiger partial charge in [0.1, 0.15) is 14.2 Å². The summed E-state index contributed by atoms with van der Waals surface area (Å²) in [5.74, 6) is -1.03. The van der Waals surface area contributed by atoms with Crippen molar-refractivity contribution in [2.75, 3.05) is 20.3 Å². The Morgan fingerprint density at radius 2 is 1.56 bits per heavy atom. The van der Waals surface area contributed by atoms with Crippen LogP contribution in [0.4, 0.5) is 4.79 Å². The molecule has 2 heterocycles. The monoisotopic (exact) mass is 735 g/mol. The lowest BCUT2D eigenvalue weighted by atomic mass is 9.65. The fourth-order valence-electron chi connectivity index (χ4n) is 11.0. The Balaban J connectivity index is 1.60. The number of Topliss-reactive ketones (excluding diaryl/α,β-unsaturated/α-hetero) is 1. The van der Waals surface area contributed by atoms with E-state index in [0.717, 1.165) is 36.5 Å². The van der Waals surface area contributed by atoms with Gasteiger partial charge in [-0.2, -0.15) is 0 Å². The quantitative estimate of drug-likeness (QED) is 0.175. The molecule has 0 N–H and O–H groups in total. The van der Waals surface area contributed by atoms with Crippen LogP contribution in [0.25, 0.3) is 0 Å². The Morgan fingerprint density at radius 1 is 0.962 bits per heavy atom. The molecule has 2 aliphatic carbocycles. The van der Waals surface area contributed by atoms with Gasteiger partial charge >= 0.3 is 12.1 Å². The topological polar surface area (TPSA) is 91.4 Å². The van der Waals surface area contributed by atoms with Crippen molar-refractivity contribution < 1.29 is 33.3 Å². The highest BCUT2D eigenvalue weighted by Gasteiger charge is 2.57.